The number of urea groups is 1. The maximum atomic E-state index is 11.7. The Morgan fingerprint density at radius 1 is 1.69 bits per heavy atom. The van der Waals surface area contributed by atoms with E-state index in [2.05, 4.69) is 17.2 Å². The number of hydrogen-bond donors (Lipinski definition) is 3. The molecule has 1 aliphatic heterocycles. The van der Waals surface area contributed by atoms with Gasteiger partial charge in [0, 0.05) is 25.5 Å². The number of nitrogens with one attached hydrogen (secondary N) is 2. The number of amides is 2. The zero-order valence-electron chi connectivity index (χ0n) is 9.44. The average molecular weight is 222 g/mol. The molecule has 0 radical (unpaired) electrons. The number of nitrogens with two attached hydrogens (primary N) is 1. The molecule has 1 fully saturated rings. The number of nitrogens with zero attached hydrogens (tertiary/aromatic N) is 1. The predicted octanol–water partition coefficient (Wildman–Crippen LogP) is 0.676. The molecule has 0 aliphatic carbocycles. The van der Waals surface area contributed by atoms with Gasteiger partial charge in [0.15, 0.2) is 0 Å². The second kappa shape index (κ2) is 4.57. The van der Waals surface area contributed by atoms with Crippen LogP contribution < -0.4 is 11.1 Å². The van der Waals surface area contributed by atoms with Gasteiger partial charge >= 0.3 is 6.03 Å². The minimum atomic E-state index is 0.00602. The molecule has 5 heteroatoms. The molecule has 2 amide bonds. The Balaban J connectivity index is 1.97. The molecule has 2 unspecified atom stereocenters. The van der Waals surface area contributed by atoms with E-state index in [4.69, 9.17) is 5.73 Å². The van der Waals surface area contributed by atoms with E-state index in [9.17, 15) is 4.79 Å². The van der Waals surface area contributed by atoms with Gasteiger partial charge in [0.25, 0.3) is 0 Å². The smallest absolute Gasteiger partial charge is 0.318 e. The van der Waals surface area contributed by atoms with Gasteiger partial charge in [-0.1, -0.05) is 6.92 Å². The Labute approximate surface area is 95.0 Å². The summed E-state index contributed by atoms with van der Waals surface area (Å²) in [6.45, 7) is 4.11. The minimum Gasteiger partial charge on any atom is -0.367 e. The van der Waals surface area contributed by atoms with Crippen LogP contribution in [0.3, 0.4) is 0 Å². The van der Waals surface area contributed by atoms with Crippen LogP contribution in [0.15, 0.2) is 18.5 Å². The predicted molar refractivity (Wildman–Crippen MR) is 61.9 cm³/mol. The Bertz CT molecular complexity index is 349. The Hall–Kier alpha value is -1.49. The Morgan fingerprint density at radius 2 is 2.50 bits per heavy atom. The van der Waals surface area contributed by atoms with E-state index in [1.807, 2.05) is 23.4 Å². The largest absolute Gasteiger partial charge is 0.367 e. The lowest BCUT2D eigenvalue weighted by molar-refractivity contribution is 0.211. The number of H-pyrrole nitrogens is 1. The third-order valence-electron chi connectivity index (χ3n) is 2.95. The summed E-state index contributed by atoms with van der Waals surface area (Å²) in [5.41, 5.74) is 6.68. The van der Waals surface area contributed by atoms with Gasteiger partial charge in [0.1, 0.15) is 0 Å². The van der Waals surface area contributed by atoms with E-state index < -0.39 is 0 Å². The summed E-state index contributed by atoms with van der Waals surface area (Å²) in [6, 6.07) is 2.09. The van der Waals surface area contributed by atoms with Gasteiger partial charge in [-0.15, -0.1) is 0 Å². The van der Waals surface area contributed by atoms with Gasteiger partial charge in [0.05, 0.1) is 6.04 Å². The number of aromatic nitrogens is 1. The summed E-state index contributed by atoms with van der Waals surface area (Å²) in [7, 11) is 0. The number of aromatic amines is 1. The Kier molecular flexibility index (Phi) is 3.14. The summed E-state index contributed by atoms with van der Waals surface area (Å²) in [6.07, 6.45) is 3.79. The fourth-order valence-electron chi connectivity index (χ4n) is 1.94. The second-order valence-electron chi connectivity index (χ2n) is 4.39. The monoisotopic (exact) mass is 222 g/mol. The number of carbonyl (C=O) groups is 1. The molecule has 16 heavy (non-hydrogen) atoms. The Morgan fingerprint density at radius 3 is 3.12 bits per heavy atom. The highest BCUT2D eigenvalue weighted by atomic mass is 16.2. The van der Waals surface area contributed by atoms with Crippen LogP contribution in [0.4, 0.5) is 4.79 Å². The zero-order chi connectivity index (χ0) is 11.5. The van der Waals surface area contributed by atoms with Crippen molar-refractivity contribution in [1.29, 1.82) is 0 Å². The maximum absolute atomic E-state index is 11.7. The van der Waals surface area contributed by atoms with E-state index >= 15 is 0 Å². The van der Waals surface area contributed by atoms with Crippen molar-refractivity contribution < 1.29 is 4.79 Å². The molecule has 0 bridgehead atoms. The number of rotatable bonds is 4. The highest BCUT2D eigenvalue weighted by Crippen LogP contribution is 2.20. The van der Waals surface area contributed by atoms with Crippen molar-refractivity contribution in [2.75, 3.05) is 19.6 Å². The normalized spacial score (nSPS) is 22.2. The van der Waals surface area contributed by atoms with Crippen LogP contribution >= 0.6 is 0 Å². The van der Waals surface area contributed by atoms with Crippen molar-refractivity contribution in [3.63, 3.8) is 0 Å². The van der Waals surface area contributed by atoms with Crippen molar-refractivity contribution >= 4 is 6.03 Å². The molecule has 5 nitrogen and oxygen atoms in total. The van der Waals surface area contributed by atoms with Crippen molar-refractivity contribution in [2.24, 2.45) is 11.7 Å². The number of carbonyl (C=O) groups excluding carboxylic acids is 1. The molecule has 2 rings (SSSR count). The van der Waals surface area contributed by atoms with Crippen molar-refractivity contribution in [3.8, 4) is 0 Å². The van der Waals surface area contributed by atoms with Crippen LogP contribution in [0.1, 0.15) is 18.5 Å². The van der Waals surface area contributed by atoms with Crippen LogP contribution in [0.5, 0.6) is 0 Å². The standard InChI is InChI=1S/C11H18N4O/c1-8(4-12)6-15-7-10(14-11(15)16)9-2-3-13-5-9/h2-3,5,8,10,13H,4,6-7,12H2,1H3,(H,14,16). The van der Waals surface area contributed by atoms with Gasteiger partial charge in [0.2, 0.25) is 0 Å². The van der Waals surface area contributed by atoms with Crippen LogP contribution in [0.2, 0.25) is 0 Å². The van der Waals surface area contributed by atoms with Gasteiger partial charge in [-0.25, -0.2) is 4.79 Å². The van der Waals surface area contributed by atoms with Crippen LogP contribution in [0, 0.1) is 5.92 Å². The fourth-order valence-corrected chi connectivity index (χ4v) is 1.94. The van der Waals surface area contributed by atoms with Gasteiger partial charge in [-0.05, 0) is 24.1 Å². The summed E-state index contributed by atoms with van der Waals surface area (Å²) in [5, 5.41) is 2.96. The third-order valence-corrected chi connectivity index (χ3v) is 2.95. The first-order valence-electron chi connectivity index (χ1n) is 5.59. The van der Waals surface area contributed by atoms with Gasteiger partial charge in [-0.2, -0.15) is 0 Å². The molecular formula is C11H18N4O. The first-order valence-corrected chi connectivity index (χ1v) is 5.59. The van der Waals surface area contributed by atoms with E-state index in [1.54, 1.807) is 0 Å². The summed E-state index contributed by atoms with van der Waals surface area (Å²) >= 11 is 0. The van der Waals surface area contributed by atoms with Gasteiger partial charge < -0.3 is 20.9 Å². The highest BCUT2D eigenvalue weighted by molar-refractivity contribution is 5.77. The van der Waals surface area contributed by atoms with Crippen molar-refractivity contribution in [2.45, 2.75) is 13.0 Å². The molecular weight excluding hydrogens is 204 g/mol. The third kappa shape index (κ3) is 2.19. The molecule has 0 spiro atoms. The molecule has 2 heterocycles. The molecule has 1 aliphatic rings. The van der Waals surface area contributed by atoms with Crippen LogP contribution in [0.25, 0.3) is 0 Å². The lowest BCUT2D eigenvalue weighted by Crippen LogP contribution is -2.34. The molecule has 4 N–H and O–H groups in total. The quantitative estimate of drug-likeness (QED) is 0.700. The first kappa shape index (κ1) is 11.0. The minimum absolute atomic E-state index is 0.00602. The topological polar surface area (TPSA) is 74.2 Å². The van der Waals surface area contributed by atoms with Crippen LogP contribution in [-0.2, 0) is 0 Å². The van der Waals surface area contributed by atoms with Gasteiger partial charge in [-0.3, -0.25) is 0 Å². The zero-order valence-corrected chi connectivity index (χ0v) is 9.44. The molecule has 0 saturated carbocycles. The lowest BCUT2D eigenvalue weighted by atomic mass is 10.1. The lowest BCUT2D eigenvalue weighted by Gasteiger charge is -2.18. The molecule has 1 aromatic rings. The summed E-state index contributed by atoms with van der Waals surface area (Å²) in [4.78, 5) is 16.5. The van der Waals surface area contributed by atoms with E-state index in [1.165, 1.54) is 0 Å². The highest BCUT2D eigenvalue weighted by Gasteiger charge is 2.30. The van der Waals surface area contributed by atoms with E-state index in [0.717, 1.165) is 18.7 Å². The second-order valence-corrected chi connectivity index (χ2v) is 4.39. The molecule has 2 atom stereocenters. The summed E-state index contributed by atoms with van der Waals surface area (Å²) < 4.78 is 0. The first-order chi connectivity index (χ1) is 7.70. The van der Waals surface area contributed by atoms with Crippen molar-refractivity contribution in [1.82, 2.24) is 15.2 Å². The molecule has 1 saturated heterocycles. The average Bonchev–Trinajstić information content (AvgIpc) is 2.88. The fraction of sp³-hybridized carbons (Fsp3) is 0.545. The van der Waals surface area contributed by atoms with Crippen LogP contribution in [-0.4, -0.2) is 35.5 Å². The maximum Gasteiger partial charge on any atom is 0.318 e. The van der Waals surface area contributed by atoms with E-state index in [0.29, 0.717) is 12.5 Å². The molecule has 88 valence electrons. The molecule has 1 aromatic heterocycles. The summed E-state index contributed by atoms with van der Waals surface area (Å²) in [5.74, 6) is 0.343. The SMILES string of the molecule is CC(CN)CN1CC(c2cc[nH]c2)NC1=O. The number of hydrogen-bond acceptors (Lipinski definition) is 2. The van der Waals surface area contributed by atoms with Crippen molar-refractivity contribution in [3.05, 3.63) is 24.0 Å². The van der Waals surface area contributed by atoms with E-state index in [-0.39, 0.29) is 12.1 Å². The molecule has 0 aromatic carbocycles.